The first-order valence-electron chi connectivity index (χ1n) is 9.50. The van der Waals surface area contributed by atoms with E-state index >= 15 is 0 Å². The van der Waals surface area contributed by atoms with Gasteiger partial charge in [0.2, 0.25) is 0 Å². The molecule has 0 aliphatic rings. The molecular weight excluding hydrogens is 402 g/mol. The lowest BCUT2D eigenvalue weighted by Crippen LogP contribution is -2.37. The molecule has 0 bridgehead atoms. The molecule has 0 radical (unpaired) electrons. The number of amides is 2. The van der Waals surface area contributed by atoms with Crippen LogP contribution in [0.3, 0.4) is 0 Å². The fraction of sp³-hybridized carbons (Fsp3) is 0.227. The van der Waals surface area contributed by atoms with Crippen molar-refractivity contribution in [3.05, 3.63) is 93.6 Å². The minimum absolute atomic E-state index is 0.0618. The topological polar surface area (TPSA) is 79.3 Å². The summed E-state index contributed by atoms with van der Waals surface area (Å²) < 4.78 is 1.50. The van der Waals surface area contributed by atoms with Gasteiger partial charge in [-0.3, -0.25) is 4.57 Å². The molecule has 2 aromatic carbocycles. The van der Waals surface area contributed by atoms with Crippen LogP contribution >= 0.6 is 11.6 Å². The van der Waals surface area contributed by atoms with E-state index in [9.17, 15) is 9.59 Å². The average molecular weight is 426 g/mol. The van der Waals surface area contributed by atoms with E-state index in [2.05, 4.69) is 15.6 Å². The predicted molar refractivity (Wildman–Crippen MR) is 119 cm³/mol. The summed E-state index contributed by atoms with van der Waals surface area (Å²) in [5.74, 6) is 0. The Bertz CT molecular complexity index is 1070. The second-order valence-electron chi connectivity index (χ2n) is 7.07. The van der Waals surface area contributed by atoms with E-state index in [1.165, 1.54) is 10.8 Å². The zero-order valence-electron chi connectivity index (χ0n) is 16.9. The summed E-state index contributed by atoms with van der Waals surface area (Å²) >= 11 is 6.32. The highest BCUT2D eigenvalue weighted by atomic mass is 35.5. The van der Waals surface area contributed by atoms with Crippen molar-refractivity contribution in [2.45, 2.75) is 12.6 Å². The lowest BCUT2D eigenvalue weighted by molar-refractivity contribution is 0.243. The molecule has 3 rings (SSSR count). The number of halogens is 1. The second-order valence-corrected chi connectivity index (χ2v) is 7.47. The van der Waals surface area contributed by atoms with Crippen molar-refractivity contribution in [1.29, 1.82) is 0 Å². The van der Waals surface area contributed by atoms with E-state index in [0.717, 1.165) is 11.1 Å². The first-order chi connectivity index (χ1) is 14.4. The Morgan fingerprint density at radius 2 is 1.97 bits per heavy atom. The zero-order valence-corrected chi connectivity index (χ0v) is 17.6. The number of hydrogen-bond acceptors (Lipinski definition) is 4. The van der Waals surface area contributed by atoms with Crippen molar-refractivity contribution < 1.29 is 4.79 Å². The molecule has 0 aliphatic heterocycles. The van der Waals surface area contributed by atoms with Gasteiger partial charge in [-0.1, -0.05) is 41.9 Å². The van der Waals surface area contributed by atoms with Gasteiger partial charge >= 0.3 is 11.7 Å². The first kappa shape index (κ1) is 21.5. The number of nitrogens with one attached hydrogen (secondary N) is 2. The summed E-state index contributed by atoms with van der Waals surface area (Å²) in [6, 6.07) is 16.3. The Labute approximate surface area is 180 Å². The summed E-state index contributed by atoms with van der Waals surface area (Å²) in [7, 11) is 3.88. The van der Waals surface area contributed by atoms with Crippen LogP contribution in [0.2, 0.25) is 5.02 Å². The number of benzene rings is 2. The fourth-order valence-electron chi connectivity index (χ4n) is 3.13. The average Bonchev–Trinajstić information content (AvgIpc) is 2.71. The summed E-state index contributed by atoms with van der Waals surface area (Å²) in [6.45, 7) is 0.770. The largest absolute Gasteiger partial charge is 0.347 e. The molecule has 8 heteroatoms. The maximum atomic E-state index is 12.4. The smallest absolute Gasteiger partial charge is 0.336 e. The quantitative estimate of drug-likeness (QED) is 0.608. The van der Waals surface area contributed by atoms with Crippen LogP contribution in [0.15, 0.2) is 71.8 Å². The van der Waals surface area contributed by atoms with Gasteiger partial charge in [-0.2, -0.15) is 0 Å². The van der Waals surface area contributed by atoms with Crippen molar-refractivity contribution in [3.63, 3.8) is 0 Å². The normalized spacial score (nSPS) is 11.9. The van der Waals surface area contributed by atoms with Crippen molar-refractivity contribution >= 4 is 23.3 Å². The van der Waals surface area contributed by atoms with Gasteiger partial charge in [-0.05, 0) is 49.5 Å². The molecule has 1 aromatic heterocycles. The van der Waals surface area contributed by atoms with Gasteiger partial charge in [0.05, 0.1) is 12.6 Å². The summed E-state index contributed by atoms with van der Waals surface area (Å²) in [5, 5.41) is 6.40. The molecule has 0 saturated heterocycles. The molecule has 1 atom stereocenters. The number of carbonyl (C=O) groups excluding carboxylic acids is 1. The molecule has 0 aliphatic carbocycles. The standard InChI is InChI=1S/C22H24ClN5O2/c1-27(2)20(18-9-3-4-10-19(18)23)14-25-21(29)26-17-8-5-7-16(13-17)15-28-12-6-11-24-22(28)30/h3-13,20H,14-15H2,1-2H3,(H2,25,26,29)/t20-/m0/s1. The minimum atomic E-state index is -0.317. The summed E-state index contributed by atoms with van der Waals surface area (Å²) in [6.07, 6.45) is 3.14. The van der Waals surface area contributed by atoms with Crippen LogP contribution < -0.4 is 16.3 Å². The van der Waals surface area contributed by atoms with E-state index in [4.69, 9.17) is 11.6 Å². The van der Waals surface area contributed by atoms with Crippen LogP contribution in [0.5, 0.6) is 0 Å². The molecule has 2 N–H and O–H groups in total. The highest BCUT2D eigenvalue weighted by molar-refractivity contribution is 6.31. The number of likely N-dealkylation sites (N-methyl/N-ethyl adjacent to an activating group) is 1. The molecule has 156 valence electrons. The third-order valence-electron chi connectivity index (χ3n) is 4.66. The van der Waals surface area contributed by atoms with Gasteiger partial charge in [0, 0.05) is 29.6 Å². The number of carbonyl (C=O) groups is 1. The van der Waals surface area contributed by atoms with Crippen LogP contribution in [0.25, 0.3) is 0 Å². The minimum Gasteiger partial charge on any atom is -0.336 e. The van der Waals surface area contributed by atoms with E-state index in [-0.39, 0.29) is 17.8 Å². The van der Waals surface area contributed by atoms with Crippen molar-refractivity contribution in [1.82, 2.24) is 19.8 Å². The van der Waals surface area contributed by atoms with Gasteiger partial charge < -0.3 is 15.5 Å². The van der Waals surface area contributed by atoms with Gasteiger partial charge in [-0.15, -0.1) is 0 Å². The number of rotatable bonds is 7. The molecule has 2 amide bonds. The predicted octanol–water partition coefficient (Wildman–Crippen LogP) is 3.37. The monoisotopic (exact) mass is 425 g/mol. The van der Waals surface area contributed by atoms with Gasteiger partial charge in [0.25, 0.3) is 0 Å². The molecule has 30 heavy (non-hydrogen) atoms. The molecular formula is C22H24ClN5O2. The Balaban J connectivity index is 1.62. The van der Waals surface area contributed by atoms with E-state index < -0.39 is 0 Å². The Morgan fingerprint density at radius 3 is 2.70 bits per heavy atom. The maximum absolute atomic E-state index is 12.4. The number of anilines is 1. The fourth-order valence-corrected chi connectivity index (χ4v) is 3.39. The lowest BCUT2D eigenvalue weighted by atomic mass is 10.1. The number of urea groups is 1. The summed E-state index contributed by atoms with van der Waals surface area (Å²) in [5.41, 5.74) is 2.16. The van der Waals surface area contributed by atoms with Crippen LogP contribution in [-0.4, -0.2) is 41.1 Å². The van der Waals surface area contributed by atoms with Crippen LogP contribution in [0, 0.1) is 0 Å². The Hall–Kier alpha value is -3.16. The molecule has 3 aromatic rings. The zero-order chi connectivity index (χ0) is 21.5. The van der Waals surface area contributed by atoms with Crippen molar-refractivity contribution in [2.24, 2.45) is 0 Å². The highest BCUT2D eigenvalue weighted by Gasteiger charge is 2.17. The Morgan fingerprint density at radius 1 is 1.17 bits per heavy atom. The molecule has 0 saturated carbocycles. The molecule has 7 nitrogen and oxygen atoms in total. The number of aromatic nitrogens is 2. The van der Waals surface area contributed by atoms with E-state index in [1.807, 2.05) is 61.5 Å². The van der Waals surface area contributed by atoms with E-state index in [1.54, 1.807) is 18.3 Å². The molecule has 0 fully saturated rings. The third kappa shape index (κ3) is 5.68. The first-order valence-corrected chi connectivity index (χ1v) is 9.88. The third-order valence-corrected chi connectivity index (χ3v) is 5.01. The number of hydrogen-bond donors (Lipinski definition) is 2. The van der Waals surface area contributed by atoms with Gasteiger partial charge in [-0.25, -0.2) is 14.6 Å². The maximum Gasteiger partial charge on any atom is 0.347 e. The molecule has 0 spiro atoms. The highest BCUT2D eigenvalue weighted by Crippen LogP contribution is 2.25. The van der Waals surface area contributed by atoms with Crippen molar-refractivity contribution in [2.75, 3.05) is 26.0 Å². The molecule has 1 heterocycles. The molecule has 0 unspecified atom stereocenters. The Kier molecular flexibility index (Phi) is 7.21. The number of nitrogens with zero attached hydrogens (tertiary/aromatic N) is 3. The van der Waals surface area contributed by atoms with Gasteiger partial charge in [0.15, 0.2) is 0 Å². The van der Waals surface area contributed by atoms with Gasteiger partial charge in [0.1, 0.15) is 0 Å². The SMILES string of the molecule is CN(C)[C@@H](CNC(=O)Nc1cccc(Cn2cccnc2=O)c1)c1ccccc1Cl. The van der Waals surface area contributed by atoms with Crippen LogP contribution in [0.4, 0.5) is 10.5 Å². The summed E-state index contributed by atoms with van der Waals surface area (Å²) in [4.78, 5) is 30.0. The van der Waals surface area contributed by atoms with E-state index in [0.29, 0.717) is 23.8 Å². The van der Waals surface area contributed by atoms with Crippen LogP contribution in [0.1, 0.15) is 17.2 Å². The van der Waals surface area contributed by atoms with Crippen LogP contribution in [-0.2, 0) is 6.54 Å². The van der Waals surface area contributed by atoms with Crippen molar-refractivity contribution in [3.8, 4) is 0 Å². The second kappa shape index (κ2) is 10.0. The lowest BCUT2D eigenvalue weighted by Gasteiger charge is -2.26.